The molecule has 8 heteroatoms. The van der Waals surface area contributed by atoms with Gasteiger partial charge >= 0.3 is 0 Å². The predicted octanol–water partition coefficient (Wildman–Crippen LogP) is 6.01. The van der Waals surface area contributed by atoms with E-state index >= 15 is 0 Å². The van der Waals surface area contributed by atoms with Gasteiger partial charge in [-0.25, -0.2) is 4.98 Å². The van der Waals surface area contributed by atoms with Gasteiger partial charge in [0.05, 0.1) is 32.6 Å². The maximum absolute atomic E-state index is 6.38. The Labute approximate surface area is 191 Å². The van der Waals surface area contributed by atoms with Gasteiger partial charge in [0.15, 0.2) is 0 Å². The van der Waals surface area contributed by atoms with Crippen molar-refractivity contribution in [1.82, 2.24) is 9.55 Å². The molecule has 1 unspecified atom stereocenters. The van der Waals surface area contributed by atoms with E-state index in [2.05, 4.69) is 9.55 Å². The second-order valence-electron chi connectivity index (χ2n) is 6.63. The molecule has 5 nitrogen and oxygen atoms in total. The maximum atomic E-state index is 6.38. The number of methoxy groups -OCH3 is 3. The van der Waals surface area contributed by atoms with Gasteiger partial charge in [-0.2, -0.15) is 0 Å². The molecule has 0 aliphatic carbocycles. The van der Waals surface area contributed by atoms with E-state index in [0.29, 0.717) is 15.8 Å². The van der Waals surface area contributed by atoms with E-state index in [0.717, 1.165) is 41.3 Å². The lowest BCUT2D eigenvalue weighted by molar-refractivity contribution is 0.361. The molecule has 1 aromatic heterocycles. The highest BCUT2D eigenvalue weighted by molar-refractivity contribution is 8.00. The lowest BCUT2D eigenvalue weighted by atomic mass is 10.1. The van der Waals surface area contributed by atoms with E-state index in [1.165, 1.54) is 0 Å². The molecule has 0 amide bonds. The summed E-state index contributed by atoms with van der Waals surface area (Å²) in [4.78, 5) is 5.10. The molecule has 0 saturated heterocycles. The van der Waals surface area contributed by atoms with Gasteiger partial charge in [0.25, 0.3) is 0 Å². The van der Waals surface area contributed by atoms with Crippen LogP contribution in [0.2, 0.25) is 10.0 Å². The molecule has 0 aliphatic heterocycles. The number of aromatic nitrogens is 2. The molecule has 1 atom stereocenters. The lowest BCUT2D eigenvalue weighted by Gasteiger charge is -2.21. The van der Waals surface area contributed by atoms with Gasteiger partial charge in [-0.15, -0.1) is 11.8 Å². The zero-order valence-electron chi connectivity index (χ0n) is 17.1. The van der Waals surface area contributed by atoms with Crippen LogP contribution in [0, 0.1) is 0 Å². The number of thioether (sulfide) groups is 1. The van der Waals surface area contributed by atoms with Gasteiger partial charge in [-0.3, -0.25) is 0 Å². The van der Waals surface area contributed by atoms with Crippen LogP contribution >= 0.6 is 35.0 Å². The Balaban J connectivity index is 1.85. The third-order valence-corrected chi connectivity index (χ3v) is 6.62. The Morgan fingerprint density at radius 2 is 1.77 bits per heavy atom. The van der Waals surface area contributed by atoms with E-state index in [-0.39, 0.29) is 5.25 Å². The van der Waals surface area contributed by atoms with Gasteiger partial charge in [0, 0.05) is 46.4 Å². The van der Waals surface area contributed by atoms with Crippen LogP contribution in [0.15, 0.2) is 53.9 Å². The number of rotatable bonds is 10. The van der Waals surface area contributed by atoms with Crippen molar-refractivity contribution in [2.24, 2.45) is 0 Å². The van der Waals surface area contributed by atoms with Gasteiger partial charge < -0.3 is 18.8 Å². The summed E-state index contributed by atoms with van der Waals surface area (Å²) in [5.41, 5.74) is 1.07. The van der Waals surface area contributed by atoms with Gasteiger partial charge in [0.2, 0.25) is 0 Å². The Morgan fingerprint density at radius 3 is 2.33 bits per heavy atom. The lowest BCUT2D eigenvalue weighted by Crippen LogP contribution is -2.14. The van der Waals surface area contributed by atoms with E-state index in [4.69, 9.17) is 37.4 Å². The average molecular weight is 467 g/mol. The second-order valence-corrected chi connectivity index (χ2v) is 8.79. The summed E-state index contributed by atoms with van der Waals surface area (Å²) in [6.07, 6.45) is 7.29. The highest BCUT2D eigenvalue weighted by Gasteiger charge is 2.20. The first-order valence-corrected chi connectivity index (χ1v) is 11.0. The van der Waals surface area contributed by atoms with Crippen LogP contribution < -0.4 is 14.2 Å². The molecule has 1 heterocycles. The first-order chi connectivity index (χ1) is 14.5. The average Bonchev–Trinajstić information content (AvgIpc) is 3.26. The minimum Gasteiger partial charge on any atom is -0.496 e. The van der Waals surface area contributed by atoms with Crippen molar-refractivity contribution < 1.29 is 14.2 Å². The molecule has 2 aromatic carbocycles. The van der Waals surface area contributed by atoms with Crippen LogP contribution in [-0.2, 0) is 13.0 Å². The number of hydrogen-bond donors (Lipinski definition) is 0. The standard InChI is InChI=1S/C22H24Cl2N2O3S/c1-27-17-11-20(28-2)22(21(12-17)29-3)30-18(13-26-9-8-25-14-26)7-5-15-4-6-16(23)10-19(15)24/h4,6,8-12,14,18H,5,7,13H2,1-3H3. The zero-order valence-corrected chi connectivity index (χ0v) is 19.4. The molecule has 3 rings (SSSR count). The van der Waals surface area contributed by atoms with Crippen LogP contribution in [0.3, 0.4) is 0 Å². The monoisotopic (exact) mass is 466 g/mol. The van der Waals surface area contributed by atoms with Crippen molar-refractivity contribution in [3.63, 3.8) is 0 Å². The maximum Gasteiger partial charge on any atom is 0.139 e. The molecule has 0 bridgehead atoms. The Morgan fingerprint density at radius 1 is 1.03 bits per heavy atom. The van der Waals surface area contributed by atoms with Crippen molar-refractivity contribution in [3.8, 4) is 17.2 Å². The van der Waals surface area contributed by atoms with E-state index in [9.17, 15) is 0 Å². The number of imidazole rings is 1. The van der Waals surface area contributed by atoms with Gasteiger partial charge in [-0.1, -0.05) is 29.3 Å². The van der Waals surface area contributed by atoms with Crippen molar-refractivity contribution in [2.45, 2.75) is 29.5 Å². The van der Waals surface area contributed by atoms with Gasteiger partial charge in [-0.05, 0) is 30.5 Å². The number of nitrogens with zero attached hydrogens (tertiary/aromatic N) is 2. The molecule has 0 aliphatic rings. The number of ether oxygens (including phenoxy) is 3. The molecule has 0 N–H and O–H groups in total. The summed E-state index contributed by atoms with van der Waals surface area (Å²) in [6, 6.07) is 9.38. The normalized spacial score (nSPS) is 11.9. The largest absolute Gasteiger partial charge is 0.496 e. The molecule has 0 saturated carbocycles. The van der Waals surface area contributed by atoms with Crippen LogP contribution in [0.25, 0.3) is 0 Å². The summed E-state index contributed by atoms with van der Waals surface area (Å²) in [5, 5.41) is 1.55. The Hall–Kier alpha value is -2.02. The van der Waals surface area contributed by atoms with Crippen molar-refractivity contribution >= 4 is 35.0 Å². The molecular weight excluding hydrogens is 443 g/mol. The van der Waals surface area contributed by atoms with E-state index in [1.54, 1.807) is 45.4 Å². The quantitative estimate of drug-likeness (QED) is 0.342. The minimum atomic E-state index is 0.224. The highest BCUT2D eigenvalue weighted by atomic mass is 35.5. The van der Waals surface area contributed by atoms with Gasteiger partial charge in [0.1, 0.15) is 17.2 Å². The fourth-order valence-electron chi connectivity index (χ4n) is 3.11. The summed E-state index contributed by atoms with van der Waals surface area (Å²) in [6.45, 7) is 0.786. The topological polar surface area (TPSA) is 45.5 Å². The smallest absolute Gasteiger partial charge is 0.139 e. The number of hydrogen-bond acceptors (Lipinski definition) is 5. The fraction of sp³-hybridized carbons (Fsp3) is 0.318. The Kier molecular flexibility index (Phi) is 8.19. The first kappa shape index (κ1) is 22.7. The number of benzene rings is 2. The third kappa shape index (κ3) is 5.78. The summed E-state index contributed by atoms with van der Waals surface area (Å²) in [5.74, 6) is 2.12. The zero-order chi connectivity index (χ0) is 21.5. The summed E-state index contributed by atoms with van der Waals surface area (Å²) < 4.78 is 18.7. The second kappa shape index (κ2) is 10.8. The predicted molar refractivity (Wildman–Crippen MR) is 123 cm³/mol. The van der Waals surface area contributed by atoms with Crippen LogP contribution in [0.1, 0.15) is 12.0 Å². The number of aryl methyl sites for hydroxylation is 1. The molecule has 3 aromatic rings. The number of halogens is 2. The first-order valence-electron chi connectivity index (χ1n) is 9.40. The fourth-order valence-corrected chi connectivity index (χ4v) is 4.95. The van der Waals surface area contributed by atoms with Crippen molar-refractivity contribution in [1.29, 1.82) is 0 Å². The van der Waals surface area contributed by atoms with Crippen molar-refractivity contribution in [2.75, 3.05) is 21.3 Å². The van der Waals surface area contributed by atoms with Crippen LogP contribution in [0.5, 0.6) is 17.2 Å². The molecular formula is C22H24Cl2N2O3S. The minimum absolute atomic E-state index is 0.224. The molecule has 0 spiro atoms. The van der Waals surface area contributed by atoms with E-state index in [1.807, 2.05) is 36.8 Å². The highest BCUT2D eigenvalue weighted by Crippen LogP contribution is 2.44. The van der Waals surface area contributed by atoms with E-state index < -0.39 is 0 Å². The Bertz CT molecular complexity index is 942. The molecule has 0 fully saturated rings. The molecule has 0 radical (unpaired) electrons. The van der Waals surface area contributed by atoms with Crippen molar-refractivity contribution in [3.05, 3.63) is 64.7 Å². The molecule has 160 valence electrons. The third-order valence-electron chi connectivity index (χ3n) is 4.68. The summed E-state index contributed by atoms with van der Waals surface area (Å²) >= 11 is 14.1. The van der Waals surface area contributed by atoms with Crippen LogP contribution in [0.4, 0.5) is 0 Å². The SMILES string of the molecule is COc1cc(OC)c(SC(CCc2ccc(Cl)cc2Cl)Cn2ccnc2)c(OC)c1. The molecule has 30 heavy (non-hydrogen) atoms. The van der Waals surface area contributed by atoms with Crippen LogP contribution in [-0.4, -0.2) is 36.1 Å². The summed E-state index contributed by atoms with van der Waals surface area (Å²) in [7, 11) is 4.92.